The van der Waals surface area contributed by atoms with Gasteiger partial charge in [0.05, 0.1) is 6.10 Å². The van der Waals surface area contributed by atoms with Gasteiger partial charge in [-0.05, 0) is 6.42 Å². The highest BCUT2D eigenvalue weighted by atomic mass is 16.3. The highest BCUT2D eigenvalue weighted by Crippen LogP contribution is 2.14. The summed E-state index contributed by atoms with van der Waals surface area (Å²) >= 11 is 0. The average Bonchev–Trinajstić information content (AvgIpc) is 2.65. The molecule has 2 N–H and O–H groups in total. The minimum atomic E-state index is -0.159. The van der Waals surface area contributed by atoms with Gasteiger partial charge in [-0.1, -0.05) is 136 Å². The molecule has 27 heavy (non-hydrogen) atoms. The van der Waals surface area contributed by atoms with Crippen LogP contribution in [-0.4, -0.2) is 23.8 Å². The summed E-state index contributed by atoms with van der Waals surface area (Å²) in [6.45, 7) is 7.30. The number of hydrogen-bond acceptors (Lipinski definition) is 2. The monoisotopic (exact) mass is 383 g/mol. The number of unbranched alkanes of at least 4 members (excludes halogenated alkanes) is 17. The molecule has 0 amide bonds. The largest absolute Gasteiger partial charge is 0.392 e. The molecule has 2 heteroatoms. The Morgan fingerprint density at radius 1 is 0.556 bits per heavy atom. The average molecular weight is 384 g/mol. The summed E-state index contributed by atoms with van der Waals surface area (Å²) in [6.07, 6.45) is 26.2. The van der Waals surface area contributed by atoms with Crippen molar-refractivity contribution in [1.82, 2.24) is 5.32 Å². The second-order valence-corrected chi connectivity index (χ2v) is 9.02. The Kier molecular flexibility index (Phi) is 22.1. The molecule has 0 rings (SSSR count). The van der Waals surface area contributed by atoms with E-state index >= 15 is 0 Å². The lowest BCUT2D eigenvalue weighted by molar-refractivity contribution is 0.155. The standard InChI is InChI=1S/C25H53NO/c1-4-5-6-7-8-9-10-11-12-13-14-15-16-17-18-19-20-21-22-25(27)23-26-24(2)3/h24-27H,4-23H2,1-3H3. The minimum Gasteiger partial charge on any atom is -0.392 e. The molecule has 1 atom stereocenters. The Balaban J connectivity index is 3.07. The van der Waals surface area contributed by atoms with Crippen molar-refractivity contribution in [2.24, 2.45) is 0 Å². The summed E-state index contributed by atoms with van der Waals surface area (Å²) in [5, 5.41) is 13.2. The molecule has 0 aliphatic rings. The smallest absolute Gasteiger partial charge is 0.0664 e. The fourth-order valence-corrected chi connectivity index (χ4v) is 3.76. The summed E-state index contributed by atoms with van der Waals surface area (Å²) in [7, 11) is 0. The Morgan fingerprint density at radius 2 is 0.889 bits per heavy atom. The van der Waals surface area contributed by atoms with Crippen LogP contribution in [0.25, 0.3) is 0 Å². The van der Waals surface area contributed by atoms with Crippen LogP contribution in [0.4, 0.5) is 0 Å². The number of rotatable bonds is 22. The third kappa shape index (κ3) is 23.9. The Hall–Kier alpha value is -0.0800. The predicted octanol–water partition coefficient (Wildman–Crippen LogP) is 7.78. The molecule has 0 aromatic rings. The van der Waals surface area contributed by atoms with Crippen LogP contribution in [0.1, 0.15) is 143 Å². The maximum atomic E-state index is 9.87. The second kappa shape index (κ2) is 22.2. The predicted molar refractivity (Wildman–Crippen MR) is 123 cm³/mol. The van der Waals surface area contributed by atoms with Gasteiger partial charge in [0.2, 0.25) is 0 Å². The van der Waals surface area contributed by atoms with E-state index < -0.39 is 0 Å². The van der Waals surface area contributed by atoms with E-state index in [0.29, 0.717) is 6.04 Å². The molecule has 0 aliphatic carbocycles. The zero-order valence-electron chi connectivity index (χ0n) is 19.2. The number of hydrogen-bond donors (Lipinski definition) is 2. The fraction of sp³-hybridized carbons (Fsp3) is 1.00. The first kappa shape index (κ1) is 26.9. The third-order valence-corrected chi connectivity index (χ3v) is 5.65. The first-order valence-corrected chi connectivity index (χ1v) is 12.6. The van der Waals surface area contributed by atoms with Gasteiger partial charge in [0.25, 0.3) is 0 Å². The normalized spacial score (nSPS) is 12.8. The van der Waals surface area contributed by atoms with Crippen LogP contribution in [0, 0.1) is 0 Å². The molecular weight excluding hydrogens is 330 g/mol. The molecule has 0 aliphatic heterocycles. The number of aliphatic hydroxyl groups is 1. The lowest BCUT2D eigenvalue weighted by Gasteiger charge is -2.13. The highest BCUT2D eigenvalue weighted by molar-refractivity contribution is 4.62. The zero-order chi connectivity index (χ0) is 20.0. The summed E-state index contributed by atoms with van der Waals surface area (Å²) in [5.41, 5.74) is 0. The molecule has 0 radical (unpaired) electrons. The third-order valence-electron chi connectivity index (χ3n) is 5.65. The summed E-state index contributed by atoms with van der Waals surface area (Å²) in [4.78, 5) is 0. The topological polar surface area (TPSA) is 32.3 Å². The fourth-order valence-electron chi connectivity index (χ4n) is 3.76. The summed E-state index contributed by atoms with van der Waals surface area (Å²) in [5.74, 6) is 0. The van der Waals surface area contributed by atoms with E-state index in [1.165, 1.54) is 116 Å². The molecule has 0 heterocycles. The number of nitrogens with one attached hydrogen (secondary N) is 1. The quantitative estimate of drug-likeness (QED) is 0.187. The molecule has 0 saturated heterocycles. The molecule has 1 unspecified atom stereocenters. The van der Waals surface area contributed by atoms with Crippen LogP contribution in [0.15, 0.2) is 0 Å². The van der Waals surface area contributed by atoms with Crippen LogP contribution in [0.3, 0.4) is 0 Å². The van der Waals surface area contributed by atoms with Crippen molar-refractivity contribution < 1.29 is 5.11 Å². The van der Waals surface area contributed by atoms with Crippen molar-refractivity contribution in [3.63, 3.8) is 0 Å². The Morgan fingerprint density at radius 3 is 1.22 bits per heavy atom. The highest BCUT2D eigenvalue weighted by Gasteiger charge is 2.04. The van der Waals surface area contributed by atoms with Gasteiger partial charge < -0.3 is 10.4 Å². The van der Waals surface area contributed by atoms with Crippen LogP contribution in [0.5, 0.6) is 0 Å². The van der Waals surface area contributed by atoms with E-state index in [1.807, 2.05) is 0 Å². The van der Waals surface area contributed by atoms with E-state index in [9.17, 15) is 5.11 Å². The molecule has 164 valence electrons. The molecule has 0 saturated carbocycles. The van der Waals surface area contributed by atoms with Crippen molar-refractivity contribution in [2.75, 3.05) is 6.54 Å². The second-order valence-electron chi connectivity index (χ2n) is 9.02. The van der Waals surface area contributed by atoms with Gasteiger partial charge in [-0.15, -0.1) is 0 Å². The van der Waals surface area contributed by atoms with Gasteiger partial charge >= 0.3 is 0 Å². The van der Waals surface area contributed by atoms with E-state index in [4.69, 9.17) is 0 Å². The first-order chi connectivity index (χ1) is 13.2. The van der Waals surface area contributed by atoms with Crippen molar-refractivity contribution in [3.8, 4) is 0 Å². The van der Waals surface area contributed by atoms with Gasteiger partial charge in [-0.2, -0.15) is 0 Å². The van der Waals surface area contributed by atoms with Crippen LogP contribution in [-0.2, 0) is 0 Å². The molecule has 0 aromatic heterocycles. The maximum Gasteiger partial charge on any atom is 0.0664 e. The molecule has 0 spiro atoms. The molecule has 0 aromatic carbocycles. The van der Waals surface area contributed by atoms with Crippen molar-refractivity contribution in [2.45, 2.75) is 155 Å². The van der Waals surface area contributed by atoms with E-state index in [2.05, 4.69) is 26.1 Å². The van der Waals surface area contributed by atoms with Crippen LogP contribution >= 0.6 is 0 Å². The molecular formula is C25H53NO. The van der Waals surface area contributed by atoms with E-state index in [0.717, 1.165) is 13.0 Å². The van der Waals surface area contributed by atoms with E-state index in [1.54, 1.807) is 0 Å². The summed E-state index contributed by atoms with van der Waals surface area (Å²) in [6, 6.07) is 0.472. The minimum absolute atomic E-state index is 0.159. The van der Waals surface area contributed by atoms with Gasteiger partial charge in [-0.3, -0.25) is 0 Å². The lowest BCUT2D eigenvalue weighted by atomic mass is 10.0. The van der Waals surface area contributed by atoms with Gasteiger partial charge in [-0.25, -0.2) is 0 Å². The Labute approximate surface area is 172 Å². The van der Waals surface area contributed by atoms with E-state index in [-0.39, 0.29) is 6.10 Å². The van der Waals surface area contributed by atoms with Crippen LogP contribution in [0.2, 0.25) is 0 Å². The van der Waals surface area contributed by atoms with Crippen molar-refractivity contribution in [3.05, 3.63) is 0 Å². The maximum absolute atomic E-state index is 9.87. The number of aliphatic hydroxyl groups excluding tert-OH is 1. The molecule has 2 nitrogen and oxygen atoms in total. The lowest BCUT2D eigenvalue weighted by Crippen LogP contribution is -2.31. The summed E-state index contributed by atoms with van der Waals surface area (Å²) < 4.78 is 0. The molecule has 0 fully saturated rings. The Bertz CT molecular complexity index is 267. The van der Waals surface area contributed by atoms with Gasteiger partial charge in [0.1, 0.15) is 0 Å². The van der Waals surface area contributed by atoms with Crippen molar-refractivity contribution >= 4 is 0 Å². The molecule has 0 bridgehead atoms. The van der Waals surface area contributed by atoms with Crippen molar-refractivity contribution in [1.29, 1.82) is 0 Å². The SMILES string of the molecule is CCCCCCCCCCCCCCCCCCCCC(O)CNC(C)C. The van der Waals surface area contributed by atoms with Gasteiger partial charge in [0, 0.05) is 12.6 Å². The van der Waals surface area contributed by atoms with Gasteiger partial charge in [0.15, 0.2) is 0 Å². The zero-order valence-corrected chi connectivity index (χ0v) is 19.2. The van der Waals surface area contributed by atoms with Crippen LogP contribution < -0.4 is 5.32 Å². The first-order valence-electron chi connectivity index (χ1n) is 12.6.